The maximum Gasteiger partial charge on any atom is 0.339 e. The van der Waals surface area contributed by atoms with Crippen LogP contribution in [0.4, 0.5) is 0 Å². The first-order valence-corrected chi connectivity index (χ1v) is 8.94. The molecule has 1 heterocycles. The van der Waals surface area contributed by atoms with Crippen molar-refractivity contribution in [2.75, 3.05) is 0 Å². The number of hydrogen-bond donors (Lipinski definition) is 0. The fraction of sp³-hybridized carbons (Fsp3) is 0.400. The average Bonchev–Trinajstić information content (AvgIpc) is 2.65. The number of carbonyl (C=O) groups is 1. The van der Waals surface area contributed by atoms with E-state index in [1.54, 1.807) is 20.9 Å². The van der Waals surface area contributed by atoms with Crippen molar-refractivity contribution in [3.8, 4) is 11.8 Å². The van der Waals surface area contributed by atoms with E-state index in [0.29, 0.717) is 18.4 Å². The Hall–Kier alpha value is -3.14. The molecule has 0 unspecified atom stereocenters. The number of ether oxygens (including phenoxy) is 1. The molecule has 7 heteroatoms. The summed E-state index contributed by atoms with van der Waals surface area (Å²) in [6.45, 7) is 3.41. The fourth-order valence-electron chi connectivity index (χ4n) is 3.42. The van der Waals surface area contributed by atoms with E-state index in [2.05, 4.69) is 0 Å². The summed E-state index contributed by atoms with van der Waals surface area (Å²) < 4.78 is 7.75. The average molecular weight is 367 g/mol. The molecule has 0 saturated carbocycles. The van der Waals surface area contributed by atoms with Crippen molar-refractivity contribution < 1.29 is 9.53 Å². The van der Waals surface area contributed by atoms with Crippen LogP contribution in [-0.4, -0.2) is 21.2 Å². The number of esters is 1. The first kappa shape index (κ1) is 18.6. The SMILES string of the molecule is CC(C)OC(=O)c1cc(-n2c(=O)c3c(n(C)c2=O)CCCC3)ccc1C#N. The Kier molecular flexibility index (Phi) is 5.00. The zero-order valence-corrected chi connectivity index (χ0v) is 15.6. The van der Waals surface area contributed by atoms with E-state index < -0.39 is 11.7 Å². The van der Waals surface area contributed by atoms with Gasteiger partial charge in [-0.25, -0.2) is 14.2 Å². The van der Waals surface area contributed by atoms with Crippen LogP contribution in [0, 0.1) is 11.3 Å². The minimum atomic E-state index is -0.661. The van der Waals surface area contributed by atoms with E-state index in [9.17, 15) is 19.6 Å². The number of rotatable bonds is 3. The van der Waals surface area contributed by atoms with E-state index in [1.165, 1.54) is 22.8 Å². The lowest BCUT2D eigenvalue weighted by Gasteiger charge is -2.20. The zero-order valence-electron chi connectivity index (χ0n) is 15.6. The lowest BCUT2D eigenvalue weighted by molar-refractivity contribution is 0.0377. The highest BCUT2D eigenvalue weighted by molar-refractivity contribution is 5.93. The van der Waals surface area contributed by atoms with E-state index in [4.69, 9.17) is 4.74 Å². The molecule has 0 atom stereocenters. The zero-order chi connectivity index (χ0) is 19.7. The molecule has 0 amide bonds. The number of benzene rings is 1. The van der Waals surface area contributed by atoms with Crippen LogP contribution in [0.2, 0.25) is 0 Å². The molecule has 7 nitrogen and oxygen atoms in total. The number of nitrogens with zero attached hydrogens (tertiary/aromatic N) is 3. The molecule has 140 valence electrons. The van der Waals surface area contributed by atoms with Crippen LogP contribution in [-0.2, 0) is 24.6 Å². The van der Waals surface area contributed by atoms with E-state index in [1.807, 2.05) is 6.07 Å². The summed E-state index contributed by atoms with van der Waals surface area (Å²) in [4.78, 5) is 38.1. The highest BCUT2D eigenvalue weighted by Crippen LogP contribution is 2.19. The number of hydrogen-bond acceptors (Lipinski definition) is 5. The van der Waals surface area contributed by atoms with Gasteiger partial charge in [0.25, 0.3) is 5.56 Å². The van der Waals surface area contributed by atoms with E-state index in [-0.39, 0.29) is 28.5 Å². The van der Waals surface area contributed by atoms with Gasteiger partial charge in [-0.05, 0) is 57.7 Å². The van der Waals surface area contributed by atoms with Crippen LogP contribution >= 0.6 is 0 Å². The molecule has 1 aliphatic carbocycles. The molecule has 0 saturated heterocycles. The van der Waals surface area contributed by atoms with Gasteiger partial charge in [0.1, 0.15) is 6.07 Å². The number of nitriles is 1. The smallest absolute Gasteiger partial charge is 0.339 e. The molecule has 0 bridgehead atoms. The first-order valence-electron chi connectivity index (χ1n) is 8.94. The lowest BCUT2D eigenvalue weighted by atomic mass is 9.96. The molecular weight excluding hydrogens is 346 g/mol. The van der Waals surface area contributed by atoms with Crippen LogP contribution in [0.1, 0.15) is 53.9 Å². The van der Waals surface area contributed by atoms with Gasteiger partial charge in [-0.3, -0.25) is 4.79 Å². The summed E-state index contributed by atoms with van der Waals surface area (Å²) >= 11 is 0. The lowest BCUT2D eigenvalue weighted by Crippen LogP contribution is -2.42. The predicted octanol–water partition coefficient (Wildman–Crippen LogP) is 1.85. The molecular formula is C20H21N3O4. The van der Waals surface area contributed by atoms with Gasteiger partial charge in [-0.2, -0.15) is 5.26 Å². The van der Waals surface area contributed by atoms with Crippen LogP contribution < -0.4 is 11.2 Å². The molecule has 0 fully saturated rings. The van der Waals surface area contributed by atoms with Gasteiger partial charge in [-0.15, -0.1) is 0 Å². The monoisotopic (exact) mass is 367 g/mol. The molecule has 0 radical (unpaired) electrons. The van der Waals surface area contributed by atoms with Gasteiger partial charge >= 0.3 is 11.7 Å². The quantitative estimate of drug-likeness (QED) is 0.772. The Bertz CT molecular complexity index is 1070. The highest BCUT2D eigenvalue weighted by atomic mass is 16.5. The standard InChI is InChI=1S/C20H21N3O4/c1-12(2)27-19(25)16-10-14(9-8-13(16)11-21)23-18(24)15-6-4-5-7-17(15)22(3)20(23)26/h8-10,12H,4-7H2,1-3H3. The van der Waals surface area contributed by atoms with Gasteiger partial charge in [0.05, 0.1) is 22.9 Å². The molecule has 0 N–H and O–H groups in total. The summed E-state index contributed by atoms with van der Waals surface area (Å²) in [5.41, 5.74) is 1.01. The van der Waals surface area contributed by atoms with Crippen molar-refractivity contribution >= 4 is 5.97 Å². The molecule has 2 aromatic rings. The summed E-state index contributed by atoms with van der Waals surface area (Å²) in [5, 5.41) is 9.28. The van der Waals surface area contributed by atoms with Crippen LogP contribution in [0.25, 0.3) is 5.69 Å². The normalized spacial score (nSPS) is 13.1. The number of fused-ring (bicyclic) bond motifs is 1. The number of carbonyl (C=O) groups excluding carboxylic acids is 1. The molecule has 1 aromatic carbocycles. The minimum absolute atomic E-state index is 0.0374. The highest BCUT2D eigenvalue weighted by Gasteiger charge is 2.22. The second-order valence-electron chi connectivity index (χ2n) is 6.91. The van der Waals surface area contributed by atoms with Gasteiger partial charge in [0.2, 0.25) is 0 Å². The summed E-state index contributed by atoms with van der Waals surface area (Å²) in [7, 11) is 1.65. The summed E-state index contributed by atoms with van der Waals surface area (Å²) in [6.07, 6.45) is 2.83. The number of aromatic nitrogens is 2. The Morgan fingerprint density at radius 1 is 1.22 bits per heavy atom. The molecule has 0 spiro atoms. The van der Waals surface area contributed by atoms with Crippen LogP contribution in [0.15, 0.2) is 27.8 Å². The molecule has 1 aromatic heterocycles. The Labute approximate surface area is 156 Å². The second kappa shape index (κ2) is 7.23. The largest absolute Gasteiger partial charge is 0.459 e. The third-order valence-corrected chi connectivity index (χ3v) is 4.73. The Balaban J connectivity index is 2.23. The minimum Gasteiger partial charge on any atom is -0.459 e. The Morgan fingerprint density at radius 2 is 1.93 bits per heavy atom. The third-order valence-electron chi connectivity index (χ3n) is 4.73. The van der Waals surface area contributed by atoms with Crippen LogP contribution in [0.3, 0.4) is 0 Å². The Morgan fingerprint density at radius 3 is 2.59 bits per heavy atom. The molecule has 0 aliphatic heterocycles. The summed E-state index contributed by atoms with van der Waals surface area (Å²) in [6, 6.07) is 6.25. The third kappa shape index (κ3) is 3.31. The van der Waals surface area contributed by atoms with Crippen LogP contribution in [0.5, 0.6) is 0 Å². The van der Waals surface area contributed by atoms with Crippen molar-refractivity contribution in [2.24, 2.45) is 7.05 Å². The fourth-order valence-corrected chi connectivity index (χ4v) is 3.42. The molecule has 3 rings (SSSR count). The van der Waals surface area contributed by atoms with E-state index in [0.717, 1.165) is 23.1 Å². The molecule has 1 aliphatic rings. The maximum atomic E-state index is 13.0. The van der Waals surface area contributed by atoms with E-state index >= 15 is 0 Å². The topological polar surface area (TPSA) is 94.1 Å². The van der Waals surface area contributed by atoms with Crippen molar-refractivity contribution in [1.82, 2.24) is 9.13 Å². The van der Waals surface area contributed by atoms with Crippen molar-refractivity contribution in [3.63, 3.8) is 0 Å². The molecule has 27 heavy (non-hydrogen) atoms. The van der Waals surface area contributed by atoms with Crippen molar-refractivity contribution in [2.45, 2.75) is 45.6 Å². The predicted molar refractivity (Wildman–Crippen MR) is 99.2 cm³/mol. The van der Waals surface area contributed by atoms with Gasteiger partial charge in [0, 0.05) is 18.3 Å². The van der Waals surface area contributed by atoms with Crippen molar-refractivity contribution in [1.29, 1.82) is 5.26 Å². The second-order valence-corrected chi connectivity index (χ2v) is 6.91. The summed E-state index contributed by atoms with van der Waals surface area (Å²) in [5.74, 6) is -0.661. The first-order chi connectivity index (χ1) is 12.8. The van der Waals surface area contributed by atoms with Gasteiger partial charge < -0.3 is 9.30 Å². The van der Waals surface area contributed by atoms with Gasteiger partial charge in [0.15, 0.2) is 0 Å². The van der Waals surface area contributed by atoms with Gasteiger partial charge in [-0.1, -0.05) is 0 Å². The van der Waals surface area contributed by atoms with Crippen molar-refractivity contribution in [3.05, 3.63) is 61.4 Å². The maximum absolute atomic E-state index is 13.0.